The van der Waals surface area contributed by atoms with E-state index in [1.165, 1.54) is 0 Å². The molecule has 0 bridgehead atoms. The van der Waals surface area contributed by atoms with Crippen molar-refractivity contribution in [3.8, 4) is 0 Å². The first-order valence-corrected chi connectivity index (χ1v) is 6.48. The van der Waals surface area contributed by atoms with Crippen LogP contribution in [0.25, 0.3) is 0 Å². The molecule has 0 aromatic heterocycles. The zero-order valence-corrected chi connectivity index (χ0v) is 12.7. The molecule has 0 radical (unpaired) electrons. The third-order valence-corrected chi connectivity index (χ3v) is 3.65. The van der Waals surface area contributed by atoms with Gasteiger partial charge in [-0.2, -0.15) is 0 Å². The third-order valence-electron chi connectivity index (χ3n) is 2.63. The van der Waals surface area contributed by atoms with Crippen LogP contribution in [0.4, 0.5) is 5.69 Å². The highest BCUT2D eigenvalue weighted by molar-refractivity contribution is 7.80. The van der Waals surface area contributed by atoms with Gasteiger partial charge in [-0.15, -0.1) is 0 Å². The minimum absolute atomic E-state index is 0.324. The van der Waals surface area contributed by atoms with Crippen LogP contribution in [-0.2, 0) is 0 Å². The van der Waals surface area contributed by atoms with Gasteiger partial charge in [0.2, 0.25) is 0 Å². The maximum absolute atomic E-state index is 6.14. The van der Waals surface area contributed by atoms with Gasteiger partial charge in [-0.25, -0.2) is 0 Å². The van der Waals surface area contributed by atoms with E-state index in [0.717, 1.165) is 16.2 Å². The first-order chi connectivity index (χ1) is 7.88. The Labute approximate surface area is 118 Å². The number of benzene rings is 1. The second-order valence-corrected chi connectivity index (χ2v) is 5.30. The van der Waals surface area contributed by atoms with Crippen molar-refractivity contribution in [2.45, 2.75) is 19.9 Å². The molecule has 0 spiro atoms. The zero-order chi connectivity index (χ0) is 13.2. The standard InChI is InChI=1S/C12H16Cl2N2S/c1-7(2)16(4)12(17)9-5-8(13)6-10(14)11(9)15-3/h5-7,15H,1-4H3. The van der Waals surface area contributed by atoms with Gasteiger partial charge in [0.05, 0.1) is 10.7 Å². The average Bonchev–Trinajstić information content (AvgIpc) is 2.25. The highest BCUT2D eigenvalue weighted by atomic mass is 35.5. The Hall–Kier alpha value is -0.510. The van der Waals surface area contributed by atoms with Crippen molar-refractivity contribution < 1.29 is 0 Å². The molecule has 5 heteroatoms. The topological polar surface area (TPSA) is 15.3 Å². The Morgan fingerprint density at radius 3 is 2.41 bits per heavy atom. The highest BCUT2D eigenvalue weighted by Gasteiger charge is 2.16. The third kappa shape index (κ3) is 3.24. The number of anilines is 1. The molecule has 0 saturated carbocycles. The first kappa shape index (κ1) is 14.6. The quantitative estimate of drug-likeness (QED) is 0.846. The predicted molar refractivity (Wildman–Crippen MR) is 80.6 cm³/mol. The molecule has 0 aliphatic rings. The van der Waals surface area contributed by atoms with Crippen molar-refractivity contribution in [1.82, 2.24) is 4.90 Å². The van der Waals surface area contributed by atoms with E-state index < -0.39 is 0 Å². The fourth-order valence-electron chi connectivity index (χ4n) is 1.42. The lowest BCUT2D eigenvalue weighted by atomic mass is 10.1. The number of halogens is 2. The Bertz CT molecular complexity index is 433. The van der Waals surface area contributed by atoms with Gasteiger partial charge in [0.1, 0.15) is 4.99 Å². The van der Waals surface area contributed by atoms with Gasteiger partial charge >= 0.3 is 0 Å². The zero-order valence-electron chi connectivity index (χ0n) is 10.3. The molecule has 17 heavy (non-hydrogen) atoms. The van der Waals surface area contributed by atoms with E-state index in [4.69, 9.17) is 35.4 Å². The van der Waals surface area contributed by atoms with E-state index in [9.17, 15) is 0 Å². The van der Waals surface area contributed by atoms with E-state index in [1.54, 1.807) is 6.07 Å². The van der Waals surface area contributed by atoms with Crippen molar-refractivity contribution in [3.63, 3.8) is 0 Å². The molecule has 1 rings (SSSR count). The molecule has 0 atom stereocenters. The van der Waals surface area contributed by atoms with Crippen LogP contribution in [0, 0.1) is 0 Å². The predicted octanol–water partition coefficient (Wildman–Crippen LogP) is 4.05. The number of hydrogen-bond donors (Lipinski definition) is 1. The van der Waals surface area contributed by atoms with E-state index in [2.05, 4.69) is 19.2 Å². The number of thiocarbonyl (C=S) groups is 1. The molecule has 1 aromatic carbocycles. The van der Waals surface area contributed by atoms with Crippen LogP contribution < -0.4 is 5.32 Å². The van der Waals surface area contributed by atoms with Gasteiger partial charge in [0.25, 0.3) is 0 Å². The Morgan fingerprint density at radius 1 is 1.35 bits per heavy atom. The minimum Gasteiger partial charge on any atom is -0.386 e. The summed E-state index contributed by atoms with van der Waals surface area (Å²) in [4.78, 5) is 2.74. The summed E-state index contributed by atoms with van der Waals surface area (Å²) in [6.45, 7) is 4.16. The summed E-state index contributed by atoms with van der Waals surface area (Å²) in [5, 5.41) is 4.23. The molecule has 0 unspecified atom stereocenters. The monoisotopic (exact) mass is 290 g/mol. The van der Waals surface area contributed by atoms with Gasteiger partial charge in [0, 0.05) is 30.7 Å². The minimum atomic E-state index is 0.324. The normalized spacial score (nSPS) is 10.5. The molecule has 2 nitrogen and oxygen atoms in total. The van der Waals surface area contributed by atoms with Crippen molar-refractivity contribution in [2.24, 2.45) is 0 Å². The highest BCUT2D eigenvalue weighted by Crippen LogP contribution is 2.31. The fourth-order valence-corrected chi connectivity index (χ4v) is 2.38. The maximum Gasteiger partial charge on any atom is 0.111 e. The molecular formula is C12H16Cl2N2S. The van der Waals surface area contributed by atoms with Crippen LogP contribution in [0.2, 0.25) is 10.0 Å². The van der Waals surface area contributed by atoms with Gasteiger partial charge in [-0.05, 0) is 26.0 Å². The number of nitrogens with one attached hydrogen (secondary N) is 1. The lowest BCUT2D eigenvalue weighted by Crippen LogP contribution is -2.32. The van der Waals surface area contributed by atoms with Crippen LogP contribution in [0.1, 0.15) is 19.4 Å². The number of nitrogens with zero attached hydrogens (tertiary/aromatic N) is 1. The van der Waals surface area contributed by atoms with Crippen molar-refractivity contribution in [3.05, 3.63) is 27.7 Å². The van der Waals surface area contributed by atoms with Crippen molar-refractivity contribution in [2.75, 3.05) is 19.4 Å². The van der Waals surface area contributed by atoms with Gasteiger partial charge in [0.15, 0.2) is 0 Å². The number of rotatable bonds is 3. The Morgan fingerprint density at radius 2 is 1.94 bits per heavy atom. The summed E-state index contributed by atoms with van der Waals surface area (Å²) in [5.74, 6) is 0. The van der Waals surface area contributed by atoms with E-state index in [1.807, 2.05) is 25.1 Å². The SMILES string of the molecule is CNc1c(Cl)cc(Cl)cc1C(=S)N(C)C(C)C. The lowest BCUT2D eigenvalue weighted by molar-refractivity contribution is 0.425. The molecular weight excluding hydrogens is 275 g/mol. The van der Waals surface area contributed by atoms with E-state index in [0.29, 0.717) is 16.1 Å². The van der Waals surface area contributed by atoms with Crippen LogP contribution in [0.5, 0.6) is 0 Å². The molecule has 0 amide bonds. The molecule has 1 aromatic rings. The molecule has 94 valence electrons. The van der Waals surface area contributed by atoms with E-state index >= 15 is 0 Å². The number of hydrogen-bond acceptors (Lipinski definition) is 2. The van der Waals surface area contributed by atoms with Crippen LogP contribution in [-0.4, -0.2) is 30.0 Å². The molecule has 0 fully saturated rings. The fraction of sp³-hybridized carbons (Fsp3) is 0.417. The summed E-state index contributed by atoms with van der Waals surface area (Å²) in [7, 11) is 3.78. The summed E-state index contributed by atoms with van der Waals surface area (Å²) in [6, 6.07) is 3.86. The summed E-state index contributed by atoms with van der Waals surface area (Å²) in [5.41, 5.74) is 1.67. The van der Waals surface area contributed by atoms with E-state index in [-0.39, 0.29) is 0 Å². The molecule has 0 aliphatic carbocycles. The molecule has 0 saturated heterocycles. The summed E-state index contributed by atoms with van der Waals surface area (Å²) in [6.07, 6.45) is 0. The maximum atomic E-state index is 6.14. The lowest BCUT2D eigenvalue weighted by Gasteiger charge is -2.26. The largest absolute Gasteiger partial charge is 0.386 e. The van der Waals surface area contributed by atoms with Gasteiger partial charge in [-0.1, -0.05) is 35.4 Å². The Balaban J connectivity index is 3.25. The molecule has 0 heterocycles. The van der Waals surface area contributed by atoms with Crippen LogP contribution >= 0.6 is 35.4 Å². The van der Waals surface area contributed by atoms with Crippen LogP contribution in [0.15, 0.2) is 12.1 Å². The molecule has 0 aliphatic heterocycles. The Kier molecular flexibility index (Phi) is 5.04. The molecule has 1 N–H and O–H groups in total. The van der Waals surface area contributed by atoms with Gasteiger partial charge in [-0.3, -0.25) is 0 Å². The second kappa shape index (κ2) is 5.89. The smallest absolute Gasteiger partial charge is 0.111 e. The second-order valence-electron chi connectivity index (χ2n) is 4.07. The van der Waals surface area contributed by atoms with Crippen molar-refractivity contribution in [1.29, 1.82) is 0 Å². The summed E-state index contributed by atoms with van der Waals surface area (Å²) < 4.78 is 0. The summed E-state index contributed by atoms with van der Waals surface area (Å²) >= 11 is 17.6. The first-order valence-electron chi connectivity index (χ1n) is 5.32. The average molecular weight is 291 g/mol. The van der Waals surface area contributed by atoms with Crippen molar-refractivity contribution >= 4 is 46.1 Å². The van der Waals surface area contributed by atoms with Gasteiger partial charge < -0.3 is 10.2 Å². The van der Waals surface area contributed by atoms with Crippen LogP contribution in [0.3, 0.4) is 0 Å².